The Bertz CT molecular complexity index is 1070. The Morgan fingerprint density at radius 2 is 1.97 bits per heavy atom. The third kappa shape index (κ3) is 5.23. The van der Waals surface area contributed by atoms with Crippen LogP contribution in [0.15, 0.2) is 67.5 Å². The van der Waals surface area contributed by atoms with Gasteiger partial charge in [0.1, 0.15) is 0 Å². The van der Waals surface area contributed by atoms with Crippen molar-refractivity contribution in [2.75, 3.05) is 6.61 Å². The van der Waals surface area contributed by atoms with Crippen molar-refractivity contribution in [1.29, 1.82) is 0 Å². The quantitative estimate of drug-likeness (QED) is 0.235. The summed E-state index contributed by atoms with van der Waals surface area (Å²) < 4.78 is 8.90. The standard InChI is InChI=1S/C24H25N3O3/c1-4-12-27-18(2)13-22(19(27)3)23(28)17-30-24(29)11-10-21-14-25-26(16-21)15-20-8-6-5-7-9-20/h4-11,13-14,16H,1,12,15,17H2,2-3H3/b11-10+. The number of Topliss-reactive ketones (excluding diaryl/α,β-unsaturated/α-hetero) is 1. The minimum Gasteiger partial charge on any atom is -0.454 e. The second-order valence-corrected chi connectivity index (χ2v) is 7.01. The molecule has 0 radical (unpaired) electrons. The van der Waals surface area contributed by atoms with Gasteiger partial charge in [0, 0.05) is 41.3 Å². The van der Waals surface area contributed by atoms with E-state index in [0.717, 1.165) is 22.5 Å². The van der Waals surface area contributed by atoms with Gasteiger partial charge in [0.15, 0.2) is 6.61 Å². The van der Waals surface area contributed by atoms with Crippen molar-refractivity contribution >= 4 is 17.8 Å². The molecular formula is C24H25N3O3. The van der Waals surface area contributed by atoms with Gasteiger partial charge in [0.2, 0.25) is 5.78 Å². The van der Waals surface area contributed by atoms with Crippen molar-refractivity contribution in [3.63, 3.8) is 0 Å². The maximum atomic E-state index is 12.4. The average molecular weight is 403 g/mol. The van der Waals surface area contributed by atoms with Crippen LogP contribution in [-0.2, 0) is 22.6 Å². The molecule has 3 aromatic rings. The summed E-state index contributed by atoms with van der Waals surface area (Å²) in [4.78, 5) is 24.4. The summed E-state index contributed by atoms with van der Waals surface area (Å²) in [5, 5.41) is 4.29. The number of benzene rings is 1. The van der Waals surface area contributed by atoms with E-state index in [1.54, 1.807) is 23.0 Å². The number of aryl methyl sites for hydroxylation is 1. The lowest BCUT2D eigenvalue weighted by atomic mass is 10.1. The predicted molar refractivity (Wildman–Crippen MR) is 116 cm³/mol. The lowest BCUT2D eigenvalue weighted by Gasteiger charge is -2.06. The van der Waals surface area contributed by atoms with Gasteiger partial charge in [0.25, 0.3) is 0 Å². The molecule has 0 N–H and O–H groups in total. The van der Waals surface area contributed by atoms with Crippen molar-refractivity contribution in [3.8, 4) is 0 Å². The Morgan fingerprint density at radius 3 is 2.70 bits per heavy atom. The van der Waals surface area contributed by atoms with Crippen LogP contribution in [0.4, 0.5) is 0 Å². The molecule has 0 aliphatic heterocycles. The molecule has 0 saturated heterocycles. The molecule has 2 aromatic heterocycles. The van der Waals surface area contributed by atoms with Crippen molar-refractivity contribution < 1.29 is 14.3 Å². The van der Waals surface area contributed by atoms with Gasteiger partial charge < -0.3 is 9.30 Å². The zero-order valence-electron chi connectivity index (χ0n) is 17.2. The van der Waals surface area contributed by atoms with Crippen molar-refractivity contribution in [2.24, 2.45) is 0 Å². The van der Waals surface area contributed by atoms with Crippen LogP contribution in [0.25, 0.3) is 6.08 Å². The summed E-state index contributed by atoms with van der Waals surface area (Å²) in [6, 6.07) is 11.8. The van der Waals surface area contributed by atoms with Crippen LogP contribution < -0.4 is 0 Å². The summed E-state index contributed by atoms with van der Waals surface area (Å²) in [5.41, 5.74) is 4.29. The van der Waals surface area contributed by atoms with Crippen LogP contribution >= 0.6 is 0 Å². The van der Waals surface area contributed by atoms with Crippen LogP contribution in [-0.4, -0.2) is 32.7 Å². The van der Waals surface area contributed by atoms with Crippen LogP contribution in [0.1, 0.15) is 32.9 Å². The van der Waals surface area contributed by atoms with Crippen LogP contribution in [0, 0.1) is 13.8 Å². The summed E-state index contributed by atoms with van der Waals surface area (Å²) in [5.74, 6) is -0.796. The smallest absolute Gasteiger partial charge is 0.331 e. The number of esters is 1. The molecule has 0 spiro atoms. The molecule has 0 saturated carbocycles. The number of ether oxygens (including phenoxy) is 1. The first kappa shape index (κ1) is 21.0. The fourth-order valence-electron chi connectivity index (χ4n) is 3.24. The van der Waals surface area contributed by atoms with E-state index >= 15 is 0 Å². The van der Waals surface area contributed by atoms with E-state index in [1.807, 2.05) is 61.0 Å². The maximum Gasteiger partial charge on any atom is 0.331 e. The number of hydrogen-bond donors (Lipinski definition) is 0. The fourth-order valence-corrected chi connectivity index (χ4v) is 3.24. The van der Waals surface area contributed by atoms with Crippen LogP contribution in [0.3, 0.4) is 0 Å². The molecule has 30 heavy (non-hydrogen) atoms. The van der Waals surface area contributed by atoms with Gasteiger partial charge in [-0.05, 0) is 31.6 Å². The SMILES string of the molecule is C=CCn1c(C)cc(C(=O)COC(=O)/C=C/c2cnn(Cc3ccccc3)c2)c1C. The molecule has 0 aliphatic rings. The summed E-state index contributed by atoms with van der Waals surface area (Å²) >= 11 is 0. The summed E-state index contributed by atoms with van der Waals surface area (Å²) in [6.07, 6.45) is 8.22. The van der Waals surface area contributed by atoms with Crippen LogP contribution in [0.5, 0.6) is 0 Å². The number of carbonyl (C=O) groups excluding carboxylic acids is 2. The minimum absolute atomic E-state index is 0.226. The number of ketones is 1. The van der Waals surface area contributed by atoms with Gasteiger partial charge in [0.05, 0.1) is 12.7 Å². The van der Waals surface area contributed by atoms with Gasteiger partial charge in [-0.2, -0.15) is 5.10 Å². The van der Waals surface area contributed by atoms with E-state index in [0.29, 0.717) is 18.7 Å². The number of aromatic nitrogens is 3. The third-order valence-electron chi connectivity index (χ3n) is 4.78. The number of rotatable bonds is 9. The fraction of sp³-hybridized carbons (Fsp3) is 0.208. The number of allylic oxidation sites excluding steroid dienone is 1. The van der Waals surface area contributed by atoms with Crippen molar-refractivity contribution in [3.05, 3.63) is 95.6 Å². The first-order valence-corrected chi connectivity index (χ1v) is 9.70. The van der Waals surface area contributed by atoms with E-state index in [1.165, 1.54) is 6.08 Å². The van der Waals surface area contributed by atoms with E-state index in [2.05, 4.69) is 11.7 Å². The molecule has 0 fully saturated rings. The lowest BCUT2D eigenvalue weighted by molar-refractivity contribution is -0.136. The molecule has 6 nitrogen and oxygen atoms in total. The first-order chi connectivity index (χ1) is 14.5. The second kappa shape index (κ2) is 9.69. The molecule has 0 unspecified atom stereocenters. The van der Waals surface area contributed by atoms with Crippen molar-refractivity contribution in [1.82, 2.24) is 14.3 Å². The lowest BCUT2D eigenvalue weighted by Crippen LogP contribution is -2.13. The van der Waals surface area contributed by atoms with Crippen LogP contribution in [0.2, 0.25) is 0 Å². The second-order valence-electron chi connectivity index (χ2n) is 7.01. The van der Waals surface area contributed by atoms with Crippen molar-refractivity contribution in [2.45, 2.75) is 26.9 Å². The third-order valence-corrected chi connectivity index (χ3v) is 4.78. The summed E-state index contributed by atoms with van der Waals surface area (Å²) in [6.45, 7) is 8.52. The van der Waals surface area contributed by atoms with E-state index in [4.69, 9.17) is 4.74 Å². The molecule has 0 amide bonds. The zero-order valence-corrected chi connectivity index (χ0v) is 17.2. The highest BCUT2D eigenvalue weighted by molar-refractivity contribution is 6.00. The molecule has 0 bridgehead atoms. The van der Waals surface area contributed by atoms with E-state index in [-0.39, 0.29) is 12.4 Å². The highest BCUT2D eigenvalue weighted by Crippen LogP contribution is 2.16. The molecule has 0 atom stereocenters. The Kier molecular flexibility index (Phi) is 6.80. The van der Waals surface area contributed by atoms with Gasteiger partial charge in [-0.3, -0.25) is 9.48 Å². The Labute approximate surface area is 176 Å². The van der Waals surface area contributed by atoms with E-state index in [9.17, 15) is 9.59 Å². The molecule has 154 valence electrons. The number of carbonyl (C=O) groups is 2. The zero-order chi connectivity index (χ0) is 21.5. The Morgan fingerprint density at radius 1 is 1.20 bits per heavy atom. The minimum atomic E-state index is -0.570. The summed E-state index contributed by atoms with van der Waals surface area (Å²) in [7, 11) is 0. The maximum absolute atomic E-state index is 12.4. The van der Waals surface area contributed by atoms with Gasteiger partial charge in [-0.25, -0.2) is 4.79 Å². The molecule has 6 heteroatoms. The topological polar surface area (TPSA) is 66.1 Å². The first-order valence-electron chi connectivity index (χ1n) is 9.70. The van der Waals surface area contributed by atoms with Gasteiger partial charge in [-0.15, -0.1) is 6.58 Å². The van der Waals surface area contributed by atoms with Gasteiger partial charge in [-0.1, -0.05) is 36.4 Å². The number of hydrogen-bond acceptors (Lipinski definition) is 4. The molecule has 1 aromatic carbocycles. The monoisotopic (exact) mass is 403 g/mol. The van der Waals surface area contributed by atoms with Gasteiger partial charge >= 0.3 is 5.97 Å². The molecular weight excluding hydrogens is 378 g/mol. The van der Waals surface area contributed by atoms with E-state index < -0.39 is 5.97 Å². The normalized spacial score (nSPS) is 11.0. The highest BCUT2D eigenvalue weighted by Gasteiger charge is 2.16. The Balaban J connectivity index is 1.53. The largest absolute Gasteiger partial charge is 0.454 e. The molecule has 3 rings (SSSR count). The molecule has 0 aliphatic carbocycles. The highest BCUT2D eigenvalue weighted by atomic mass is 16.5. The predicted octanol–water partition coefficient (Wildman–Crippen LogP) is 3.98. The Hall–Kier alpha value is -3.67. The average Bonchev–Trinajstić information content (AvgIpc) is 3.30. The molecule has 2 heterocycles. The number of nitrogens with zero attached hydrogens (tertiary/aromatic N) is 3.